The molecule has 1 aromatic carbocycles. The van der Waals surface area contributed by atoms with Gasteiger partial charge < -0.3 is 5.32 Å². The summed E-state index contributed by atoms with van der Waals surface area (Å²) in [6, 6.07) is 5.51. The molecule has 0 bridgehead atoms. The highest BCUT2D eigenvalue weighted by molar-refractivity contribution is 7.88. The van der Waals surface area contributed by atoms with Crippen LogP contribution in [-0.2, 0) is 14.8 Å². The third kappa shape index (κ3) is 3.86. The van der Waals surface area contributed by atoms with E-state index in [4.69, 9.17) is 11.6 Å². The number of halogens is 1. The number of hydrogen-bond donors (Lipinski definition) is 1. The second-order valence-corrected chi connectivity index (χ2v) is 9.89. The first-order chi connectivity index (χ1) is 11.7. The molecule has 1 aliphatic heterocycles. The number of anilines is 1. The van der Waals surface area contributed by atoms with E-state index in [9.17, 15) is 13.2 Å². The number of aryl methyl sites for hydroxylation is 1. The smallest absolute Gasteiger partial charge is 0.229 e. The van der Waals surface area contributed by atoms with E-state index in [0.29, 0.717) is 17.3 Å². The molecule has 1 atom stereocenters. The fraction of sp³-hybridized carbons (Fsp3) is 0.611. The molecular formula is C18H25ClN2O3S. The van der Waals surface area contributed by atoms with Crippen LogP contribution in [0, 0.1) is 18.3 Å². The van der Waals surface area contributed by atoms with Gasteiger partial charge in [-0.3, -0.25) is 4.79 Å². The summed E-state index contributed by atoms with van der Waals surface area (Å²) < 4.78 is 25.6. The van der Waals surface area contributed by atoms with Crippen molar-refractivity contribution in [3.8, 4) is 0 Å². The summed E-state index contributed by atoms with van der Waals surface area (Å²) in [7, 11) is -3.30. The molecule has 25 heavy (non-hydrogen) atoms. The lowest BCUT2D eigenvalue weighted by atomic mass is 9.67. The number of nitrogens with one attached hydrogen (secondary N) is 1. The van der Waals surface area contributed by atoms with Crippen molar-refractivity contribution >= 4 is 33.2 Å². The Balaban J connectivity index is 1.85. The second kappa shape index (κ2) is 6.89. The predicted molar refractivity (Wildman–Crippen MR) is 100 cm³/mol. The molecule has 1 unspecified atom stereocenters. The Morgan fingerprint density at radius 3 is 2.56 bits per heavy atom. The Labute approximate surface area is 154 Å². The van der Waals surface area contributed by atoms with Gasteiger partial charge in [-0.2, -0.15) is 0 Å². The summed E-state index contributed by atoms with van der Waals surface area (Å²) in [6.07, 6.45) is 6.27. The lowest BCUT2D eigenvalue weighted by Gasteiger charge is -2.37. The fourth-order valence-corrected chi connectivity index (χ4v) is 5.43. The van der Waals surface area contributed by atoms with Gasteiger partial charge in [0.2, 0.25) is 15.9 Å². The van der Waals surface area contributed by atoms with Gasteiger partial charge in [-0.15, -0.1) is 0 Å². The molecule has 0 radical (unpaired) electrons. The van der Waals surface area contributed by atoms with Gasteiger partial charge in [0.1, 0.15) is 0 Å². The molecule has 1 N–H and O–H groups in total. The van der Waals surface area contributed by atoms with Crippen LogP contribution < -0.4 is 5.32 Å². The maximum absolute atomic E-state index is 13.0. The zero-order valence-electron chi connectivity index (χ0n) is 14.7. The molecule has 1 aliphatic carbocycles. The average molecular weight is 385 g/mol. The zero-order valence-corrected chi connectivity index (χ0v) is 16.3. The van der Waals surface area contributed by atoms with E-state index in [2.05, 4.69) is 5.32 Å². The van der Waals surface area contributed by atoms with E-state index < -0.39 is 10.0 Å². The number of nitrogens with zero attached hydrogens (tertiary/aromatic N) is 1. The van der Waals surface area contributed by atoms with Crippen LogP contribution in [0.4, 0.5) is 5.69 Å². The van der Waals surface area contributed by atoms with Crippen molar-refractivity contribution in [3.05, 3.63) is 28.8 Å². The Hall–Kier alpha value is -1.11. The van der Waals surface area contributed by atoms with Gasteiger partial charge in [0.15, 0.2) is 0 Å². The number of carbonyl (C=O) groups excluding carboxylic acids is 1. The quantitative estimate of drug-likeness (QED) is 0.868. The van der Waals surface area contributed by atoms with Crippen LogP contribution >= 0.6 is 11.6 Å². The monoisotopic (exact) mass is 384 g/mol. The number of carbonyl (C=O) groups is 1. The van der Waals surface area contributed by atoms with Gasteiger partial charge in [0.05, 0.1) is 22.9 Å². The molecule has 3 rings (SSSR count). The summed E-state index contributed by atoms with van der Waals surface area (Å²) in [5.74, 6) is -0.460. The summed E-state index contributed by atoms with van der Waals surface area (Å²) in [5.41, 5.74) is 1.36. The maximum atomic E-state index is 13.0. The predicted octanol–water partition coefficient (Wildman–Crippen LogP) is 3.43. The molecule has 5 nitrogen and oxygen atoms in total. The van der Waals surface area contributed by atoms with Crippen LogP contribution in [-0.4, -0.2) is 38.0 Å². The first kappa shape index (κ1) is 18.7. The van der Waals surface area contributed by atoms with Crippen molar-refractivity contribution < 1.29 is 13.2 Å². The van der Waals surface area contributed by atoms with Crippen molar-refractivity contribution in [1.82, 2.24) is 4.31 Å². The lowest BCUT2D eigenvalue weighted by molar-refractivity contribution is -0.123. The van der Waals surface area contributed by atoms with E-state index in [0.717, 1.165) is 37.7 Å². The molecule has 0 aromatic heterocycles. The number of benzene rings is 1. The minimum absolute atomic E-state index is 0.126. The molecule has 1 amide bonds. The summed E-state index contributed by atoms with van der Waals surface area (Å²) in [6.45, 7) is 2.65. The number of rotatable bonds is 3. The Kier molecular flexibility index (Phi) is 5.15. The molecule has 2 aliphatic rings. The molecule has 1 aromatic rings. The molecule has 2 fully saturated rings. The molecule has 7 heteroatoms. The fourth-order valence-electron chi connectivity index (χ4n) is 4.24. The summed E-state index contributed by atoms with van der Waals surface area (Å²) in [5, 5.41) is 3.43. The van der Waals surface area contributed by atoms with E-state index in [1.807, 2.05) is 19.1 Å². The van der Waals surface area contributed by atoms with Crippen LogP contribution in [0.15, 0.2) is 18.2 Å². The third-order valence-electron chi connectivity index (χ3n) is 5.63. The van der Waals surface area contributed by atoms with Gasteiger partial charge in [0.25, 0.3) is 0 Å². The highest BCUT2D eigenvalue weighted by Gasteiger charge is 2.52. The van der Waals surface area contributed by atoms with Gasteiger partial charge >= 0.3 is 0 Å². The van der Waals surface area contributed by atoms with E-state index in [-0.39, 0.29) is 23.8 Å². The summed E-state index contributed by atoms with van der Waals surface area (Å²) in [4.78, 5) is 13.0. The van der Waals surface area contributed by atoms with E-state index >= 15 is 0 Å². The van der Waals surface area contributed by atoms with E-state index in [1.165, 1.54) is 10.6 Å². The van der Waals surface area contributed by atoms with Crippen LogP contribution in [0.5, 0.6) is 0 Å². The number of sulfonamides is 1. The Bertz CT molecular complexity index is 773. The van der Waals surface area contributed by atoms with Crippen LogP contribution in [0.3, 0.4) is 0 Å². The highest BCUT2D eigenvalue weighted by atomic mass is 35.5. The van der Waals surface area contributed by atoms with Crippen LogP contribution in [0.1, 0.15) is 37.7 Å². The van der Waals surface area contributed by atoms with Crippen LogP contribution in [0.25, 0.3) is 0 Å². The average Bonchev–Trinajstić information content (AvgIpc) is 2.90. The first-order valence-electron chi connectivity index (χ1n) is 8.73. The van der Waals surface area contributed by atoms with Crippen molar-refractivity contribution in [2.45, 2.75) is 39.0 Å². The molecule has 1 spiro atoms. The molecular weight excluding hydrogens is 360 g/mol. The zero-order chi connectivity index (χ0) is 18.2. The molecule has 138 valence electrons. The Morgan fingerprint density at radius 2 is 1.96 bits per heavy atom. The van der Waals surface area contributed by atoms with Crippen LogP contribution in [0.2, 0.25) is 5.02 Å². The SMILES string of the molecule is Cc1ccc(NC(=O)C2CN(S(C)(=O)=O)CC23CCCCC3)c(Cl)c1. The largest absolute Gasteiger partial charge is 0.324 e. The maximum Gasteiger partial charge on any atom is 0.229 e. The number of amides is 1. The van der Waals surface area contributed by atoms with Crippen molar-refractivity contribution in [2.24, 2.45) is 11.3 Å². The third-order valence-corrected chi connectivity index (χ3v) is 7.16. The highest BCUT2D eigenvalue weighted by Crippen LogP contribution is 2.48. The summed E-state index contributed by atoms with van der Waals surface area (Å²) >= 11 is 6.24. The minimum Gasteiger partial charge on any atom is -0.324 e. The van der Waals surface area contributed by atoms with Gasteiger partial charge in [0, 0.05) is 13.1 Å². The van der Waals surface area contributed by atoms with Gasteiger partial charge in [-0.05, 0) is 42.9 Å². The minimum atomic E-state index is -3.30. The standard InChI is InChI=1S/C18H25ClN2O3S/c1-13-6-7-16(15(19)10-13)20-17(22)14-11-21(25(2,23)24)12-18(14)8-4-3-5-9-18/h6-7,10,14H,3-5,8-9,11-12H2,1-2H3,(H,20,22). The molecule has 1 saturated heterocycles. The Morgan fingerprint density at radius 1 is 1.28 bits per heavy atom. The number of hydrogen-bond acceptors (Lipinski definition) is 3. The van der Waals surface area contributed by atoms with Gasteiger partial charge in [-0.25, -0.2) is 12.7 Å². The lowest BCUT2D eigenvalue weighted by Crippen LogP contribution is -2.39. The first-order valence-corrected chi connectivity index (χ1v) is 11.0. The second-order valence-electron chi connectivity index (χ2n) is 7.50. The molecule has 1 heterocycles. The van der Waals surface area contributed by atoms with Gasteiger partial charge in [-0.1, -0.05) is 36.9 Å². The van der Waals surface area contributed by atoms with Crippen molar-refractivity contribution in [1.29, 1.82) is 0 Å². The van der Waals surface area contributed by atoms with Crippen molar-refractivity contribution in [2.75, 3.05) is 24.7 Å². The topological polar surface area (TPSA) is 66.5 Å². The molecule has 1 saturated carbocycles. The van der Waals surface area contributed by atoms with Crippen molar-refractivity contribution in [3.63, 3.8) is 0 Å². The normalized spacial score (nSPS) is 23.7. The van der Waals surface area contributed by atoms with E-state index in [1.54, 1.807) is 6.07 Å².